The van der Waals surface area contributed by atoms with Crippen molar-refractivity contribution in [3.8, 4) is 5.75 Å². The maximum Gasteiger partial charge on any atom is 0.257 e. The lowest BCUT2D eigenvalue weighted by atomic mass is 10.2. The van der Waals surface area contributed by atoms with Crippen LogP contribution in [-0.2, 0) is 14.8 Å². The number of unbranched alkanes of at least 4 members (excludes halogenated alkanes) is 1. The van der Waals surface area contributed by atoms with E-state index in [0.29, 0.717) is 6.54 Å². The van der Waals surface area contributed by atoms with Crippen LogP contribution in [0.5, 0.6) is 5.75 Å². The molecular weight excluding hydrogens is 280 g/mol. The molecule has 0 radical (unpaired) electrons. The summed E-state index contributed by atoms with van der Waals surface area (Å²) in [5.41, 5.74) is 0.744. The first-order valence-electron chi connectivity index (χ1n) is 6.37. The third-order valence-corrected chi connectivity index (χ3v) is 3.55. The monoisotopic (exact) mass is 300 g/mol. The molecule has 0 saturated carbocycles. The Bertz CT molecular complexity index is 570. The number of primary sulfonamides is 1. The van der Waals surface area contributed by atoms with Crippen molar-refractivity contribution >= 4 is 15.9 Å². The lowest BCUT2D eigenvalue weighted by Crippen LogP contribution is -2.30. The molecule has 0 fully saturated rings. The SMILES string of the molecule is CCCCNC(=O)COc1ccc(C)cc1S(N)(=O)=O. The molecular formula is C13H20N2O4S. The van der Waals surface area contributed by atoms with Crippen LogP contribution in [0.2, 0.25) is 0 Å². The summed E-state index contributed by atoms with van der Waals surface area (Å²) in [6.45, 7) is 4.10. The Labute approximate surface area is 119 Å². The molecule has 0 aliphatic rings. The average molecular weight is 300 g/mol. The molecule has 0 saturated heterocycles. The van der Waals surface area contributed by atoms with Gasteiger partial charge in [0.1, 0.15) is 10.6 Å². The van der Waals surface area contributed by atoms with Gasteiger partial charge in [-0.15, -0.1) is 0 Å². The number of benzene rings is 1. The second-order valence-corrected chi connectivity index (χ2v) is 6.02. The standard InChI is InChI=1S/C13H20N2O4S/c1-3-4-7-15-13(16)9-19-11-6-5-10(2)8-12(11)20(14,17)18/h5-6,8H,3-4,7,9H2,1-2H3,(H,15,16)(H2,14,17,18). The lowest BCUT2D eigenvalue weighted by molar-refractivity contribution is -0.123. The molecule has 1 aromatic rings. The molecule has 0 aliphatic carbocycles. The molecule has 0 spiro atoms. The third-order valence-electron chi connectivity index (χ3n) is 2.62. The zero-order chi connectivity index (χ0) is 15.2. The second kappa shape index (κ2) is 7.25. The second-order valence-electron chi connectivity index (χ2n) is 4.49. The lowest BCUT2D eigenvalue weighted by Gasteiger charge is -2.11. The summed E-state index contributed by atoms with van der Waals surface area (Å²) in [4.78, 5) is 11.4. The van der Waals surface area contributed by atoms with Crippen molar-refractivity contribution in [2.75, 3.05) is 13.2 Å². The number of carbonyl (C=O) groups excluding carboxylic acids is 1. The molecule has 1 aromatic carbocycles. The van der Waals surface area contributed by atoms with Crippen molar-refractivity contribution in [3.63, 3.8) is 0 Å². The van der Waals surface area contributed by atoms with E-state index in [9.17, 15) is 13.2 Å². The molecule has 0 aliphatic heterocycles. The largest absolute Gasteiger partial charge is 0.482 e. The Morgan fingerprint density at radius 2 is 2.10 bits per heavy atom. The molecule has 1 rings (SSSR count). The molecule has 0 unspecified atom stereocenters. The molecule has 112 valence electrons. The van der Waals surface area contributed by atoms with Gasteiger partial charge in [0.25, 0.3) is 5.91 Å². The van der Waals surface area contributed by atoms with Gasteiger partial charge < -0.3 is 10.1 Å². The van der Waals surface area contributed by atoms with Gasteiger partial charge in [0.2, 0.25) is 10.0 Å². The molecule has 3 N–H and O–H groups in total. The predicted octanol–water partition coefficient (Wildman–Crippen LogP) is 0.938. The molecule has 7 heteroatoms. The number of amides is 1. The van der Waals surface area contributed by atoms with Gasteiger partial charge in [0, 0.05) is 6.54 Å². The normalized spacial score (nSPS) is 11.2. The Hall–Kier alpha value is -1.60. The molecule has 0 aromatic heterocycles. The summed E-state index contributed by atoms with van der Waals surface area (Å²) < 4.78 is 28.2. The van der Waals surface area contributed by atoms with Gasteiger partial charge in [-0.25, -0.2) is 13.6 Å². The molecule has 6 nitrogen and oxygen atoms in total. The molecule has 20 heavy (non-hydrogen) atoms. The van der Waals surface area contributed by atoms with Gasteiger partial charge >= 0.3 is 0 Å². The average Bonchev–Trinajstić information content (AvgIpc) is 2.36. The Morgan fingerprint density at radius 1 is 1.40 bits per heavy atom. The minimum atomic E-state index is -3.88. The highest BCUT2D eigenvalue weighted by molar-refractivity contribution is 7.89. The first-order chi connectivity index (χ1) is 9.34. The number of hydrogen-bond acceptors (Lipinski definition) is 4. The zero-order valence-electron chi connectivity index (χ0n) is 11.7. The fraction of sp³-hybridized carbons (Fsp3) is 0.462. The first kappa shape index (κ1) is 16.5. The summed E-state index contributed by atoms with van der Waals surface area (Å²) in [7, 11) is -3.88. The number of nitrogens with two attached hydrogens (primary N) is 1. The van der Waals surface area contributed by atoms with E-state index < -0.39 is 10.0 Å². The maximum atomic E-state index is 11.5. The fourth-order valence-corrected chi connectivity index (χ4v) is 2.31. The van der Waals surface area contributed by atoms with Crippen LogP contribution in [-0.4, -0.2) is 27.5 Å². The van der Waals surface area contributed by atoms with Crippen molar-refractivity contribution in [1.29, 1.82) is 0 Å². The number of rotatable bonds is 7. The van der Waals surface area contributed by atoms with Crippen LogP contribution in [0.15, 0.2) is 23.1 Å². The van der Waals surface area contributed by atoms with Crippen LogP contribution in [0.4, 0.5) is 0 Å². The molecule has 0 atom stereocenters. The summed E-state index contributed by atoms with van der Waals surface area (Å²) in [6.07, 6.45) is 1.87. The van der Waals surface area contributed by atoms with E-state index in [0.717, 1.165) is 18.4 Å². The van der Waals surface area contributed by atoms with E-state index >= 15 is 0 Å². The van der Waals surface area contributed by atoms with E-state index in [1.54, 1.807) is 13.0 Å². The predicted molar refractivity (Wildman–Crippen MR) is 76.0 cm³/mol. The van der Waals surface area contributed by atoms with Crippen LogP contribution >= 0.6 is 0 Å². The number of carbonyl (C=O) groups is 1. The smallest absolute Gasteiger partial charge is 0.257 e. The number of ether oxygens (including phenoxy) is 1. The molecule has 0 heterocycles. The van der Waals surface area contributed by atoms with E-state index in [2.05, 4.69) is 5.32 Å². The number of nitrogens with one attached hydrogen (secondary N) is 1. The number of aryl methyl sites for hydroxylation is 1. The Kier molecular flexibility index (Phi) is 5.97. The summed E-state index contributed by atoms with van der Waals surface area (Å²) in [6, 6.07) is 4.60. The van der Waals surface area contributed by atoms with E-state index in [1.807, 2.05) is 6.92 Å². The highest BCUT2D eigenvalue weighted by Crippen LogP contribution is 2.23. The maximum absolute atomic E-state index is 11.5. The van der Waals surface area contributed by atoms with Crippen LogP contribution in [0.1, 0.15) is 25.3 Å². The van der Waals surface area contributed by atoms with Crippen LogP contribution in [0.25, 0.3) is 0 Å². The van der Waals surface area contributed by atoms with Gasteiger partial charge in [-0.3, -0.25) is 4.79 Å². The minimum Gasteiger partial charge on any atom is -0.482 e. The quantitative estimate of drug-likeness (QED) is 0.732. The minimum absolute atomic E-state index is 0.0868. The van der Waals surface area contributed by atoms with E-state index in [1.165, 1.54) is 12.1 Å². The summed E-state index contributed by atoms with van der Waals surface area (Å²) >= 11 is 0. The Balaban J connectivity index is 2.71. The van der Waals surface area contributed by atoms with Crippen molar-refractivity contribution in [2.24, 2.45) is 5.14 Å². The van der Waals surface area contributed by atoms with Crippen LogP contribution < -0.4 is 15.2 Å². The zero-order valence-corrected chi connectivity index (χ0v) is 12.5. The van der Waals surface area contributed by atoms with E-state index in [-0.39, 0.29) is 23.2 Å². The summed E-state index contributed by atoms with van der Waals surface area (Å²) in [5.74, 6) is -0.205. The number of hydrogen-bond donors (Lipinski definition) is 2. The Morgan fingerprint density at radius 3 is 2.70 bits per heavy atom. The van der Waals surface area contributed by atoms with Gasteiger partial charge in [-0.1, -0.05) is 19.4 Å². The first-order valence-corrected chi connectivity index (χ1v) is 7.92. The van der Waals surface area contributed by atoms with Gasteiger partial charge in [0.05, 0.1) is 0 Å². The van der Waals surface area contributed by atoms with Crippen LogP contribution in [0, 0.1) is 6.92 Å². The van der Waals surface area contributed by atoms with Crippen molar-refractivity contribution < 1.29 is 17.9 Å². The van der Waals surface area contributed by atoms with Crippen molar-refractivity contribution in [2.45, 2.75) is 31.6 Å². The van der Waals surface area contributed by atoms with Crippen molar-refractivity contribution in [3.05, 3.63) is 23.8 Å². The van der Waals surface area contributed by atoms with Crippen molar-refractivity contribution in [1.82, 2.24) is 5.32 Å². The van der Waals surface area contributed by atoms with Gasteiger partial charge in [-0.2, -0.15) is 0 Å². The highest BCUT2D eigenvalue weighted by Gasteiger charge is 2.16. The molecule has 0 bridgehead atoms. The number of sulfonamides is 1. The summed E-state index contributed by atoms with van der Waals surface area (Å²) in [5, 5.41) is 7.80. The fourth-order valence-electron chi connectivity index (χ4n) is 1.56. The third kappa shape index (κ3) is 5.18. The van der Waals surface area contributed by atoms with E-state index in [4.69, 9.17) is 9.88 Å². The topological polar surface area (TPSA) is 98.5 Å². The van der Waals surface area contributed by atoms with Gasteiger partial charge in [0.15, 0.2) is 6.61 Å². The highest BCUT2D eigenvalue weighted by atomic mass is 32.2. The van der Waals surface area contributed by atoms with Gasteiger partial charge in [-0.05, 0) is 31.0 Å². The molecule has 1 amide bonds. The van der Waals surface area contributed by atoms with Crippen LogP contribution in [0.3, 0.4) is 0 Å².